The molecule has 1 unspecified atom stereocenters. The summed E-state index contributed by atoms with van der Waals surface area (Å²) < 4.78 is 4.88. The first-order chi connectivity index (χ1) is 12.2. The maximum Gasteiger partial charge on any atom is 0.256 e. The van der Waals surface area contributed by atoms with Crippen LogP contribution >= 0.6 is 0 Å². The molecular formula is C20H25N3O2. The second kappa shape index (κ2) is 7.00. The first kappa shape index (κ1) is 16.3. The van der Waals surface area contributed by atoms with E-state index in [2.05, 4.69) is 45.7 Å². The van der Waals surface area contributed by atoms with Gasteiger partial charge in [-0.05, 0) is 43.6 Å². The number of likely N-dealkylation sites (tertiary alicyclic amines) is 1. The number of aryl methyl sites for hydroxylation is 1. The van der Waals surface area contributed by atoms with E-state index in [4.69, 9.17) is 4.52 Å². The molecule has 1 saturated heterocycles. The molecule has 1 saturated carbocycles. The van der Waals surface area contributed by atoms with Crippen molar-refractivity contribution in [2.24, 2.45) is 11.8 Å². The molecule has 5 heteroatoms. The van der Waals surface area contributed by atoms with Gasteiger partial charge in [-0.25, -0.2) is 0 Å². The summed E-state index contributed by atoms with van der Waals surface area (Å²) in [5.41, 5.74) is 2.59. The van der Waals surface area contributed by atoms with Crippen molar-refractivity contribution in [3.05, 3.63) is 53.4 Å². The van der Waals surface area contributed by atoms with Crippen molar-refractivity contribution in [2.75, 3.05) is 13.1 Å². The lowest BCUT2D eigenvalue weighted by Crippen LogP contribution is -2.40. The number of aromatic nitrogens is 1. The van der Waals surface area contributed by atoms with E-state index < -0.39 is 0 Å². The Morgan fingerprint density at radius 1 is 1.24 bits per heavy atom. The second-order valence-electron chi connectivity index (χ2n) is 7.50. The van der Waals surface area contributed by atoms with Crippen LogP contribution in [0.4, 0.5) is 0 Å². The zero-order valence-electron chi connectivity index (χ0n) is 14.6. The van der Waals surface area contributed by atoms with Crippen LogP contribution in [0.5, 0.6) is 0 Å². The zero-order valence-corrected chi connectivity index (χ0v) is 14.6. The third-order valence-corrected chi connectivity index (χ3v) is 5.70. The first-order valence-electron chi connectivity index (χ1n) is 9.17. The third kappa shape index (κ3) is 3.61. The Bertz CT molecular complexity index is 728. The minimum absolute atomic E-state index is 0.0543. The van der Waals surface area contributed by atoms with E-state index in [-0.39, 0.29) is 11.9 Å². The van der Waals surface area contributed by atoms with Gasteiger partial charge < -0.3 is 9.84 Å². The topological polar surface area (TPSA) is 58.4 Å². The Balaban J connectivity index is 1.32. The lowest BCUT2D eigenvalue weighted by molar-refractivity contribution is 0.0912. The first-order valence-corrected chi connectivity index (χ1v) is 9.17. The molecule has 1 amide bonds. The van der Waals surface area contributed by atoms with Gasteiger partial charge in [0.2, 0.25) is 0 Å². The molecular weight excluding hydrogens is 314 g/mol. The minimum Gasteiger partial charge on any atom is -0.364 e. The van der Waals surface area contributed by atoms with Gasteiger partial charge in [-0.15, -0.1) is 0 Å². The number of nitrogens with one attached hydrogen (secondary N) is 1. The predicted molar refractivity (Wildman–Crippen MR) is 95.0 cm³/mol. The highest BCUT2D eigenvalue weighted by molar-refractivity contribution is 5.94. The van der Waals surface area contributed by atoms with Gasteiger partial charge in [-0.3, -0.25) is 9.69 Å². The summed E-state index contributed by atoms with van der Waals surface area (Å²) >= 11 is 0. The fourth-order valence-corrected chi connectivity index (χ4v) is 4.40. The van der Waals surface area contributed by atoms with Crippen LogP contribution in [0.25, 0.3) is 0 Å². The summed E-state index contributed by atoms with van der Waals surface area (Å²) in [5, 5.41) is 6.97. The highest BCUT2D eigenvalue weighted by Gasteiger charge is 2.38. The zero-order chi connectivity index (χ0) is 17.2. The minimum atomic E-state index is -0.0543. The quantitative estimate of drug-likeness (QED) is 0.930. The van der Waals surface area contributed by atoms with E-state index in [0.717, 1.165) is 31.8 Å². The number of carbonyl (C=O) groups is 1. The van der Waals surface area contributed by atoms with Gasteiger partial charge in [0.25, 0.3) is 5.91 Å². The van der Waals surface area contributed by atoms with Crippen LogP contribution in [-0.2, 0) is 6.54 Å². The fraction of sp³-hybridized carbons (Fsp3) is 0.500. The largest absolute Gasteiger partial charge is 0.364 e. The highest BCUT2D eigenvalue weighted by Crippen LogP contribution is 2.37. The summed E-state index contributed by atoms with van der Waals surface area (Å²) in [4.78, 5) is 14.9. The molecule has 1 aromatic carbocycles. The van der Waals surface area contributed by atoms with Gasteiger partial charge >= 0.3 is 0 Å². The molecule has 1 aliphatic heterocycles. The molecule has 25 heavy (non-hydrogen) atoms. The molecule has 0 radical (unpaired) electrons. The lowest BCUT2D eigenvalue weighted by Gasteiger charge is -2.31. The number of carbonyl (C=O) groups excluding carboxylic acids is 1. The summed E-state index contributed by atoms with van der Waals surface area (Å²) in [6, 6.07) is 10.9. The van der Waals surface area contributed by atoms with Crippen molar-refractivity contribution in [2.45, 2.75) is 38.8 Å². The fourth-order valence-electron chi connectivity index (χ4n) is 4.40. The van der Waals surface area contributed by atoms with Crippen LogP contribution in [0.2, 0.25) is 0 Å². The Morgan fingerprint density at radius 3 is 2.80 bits per heavy atom. The molecule has 2 heterocycles. The predicted octanol–water partition coefficient (Wildman–Crippen LogP) is 3.01. The Labute approximate surface area is 148 Å². The van der Waals surface area contributed by atoms with E-state index in [1.807, 2.05) is 0 Å². The molecule has 2 fully saturated rings. The summed E-state index contributed by atoms with van der Waals surface area (Å²) in [6.07, 6.45) is 4.78. The van der Waals surface area contributed by atoms with Gasteiger partial charge in [-0.1, -0.05) is 35.5 Å². The van der Waals surface area contributed by atoms with E-state index in [0.29, 0.717) is 17.2 Å². The number of rotatable bonds is 4. The normalized spacial score (nSPS) is 26.4. The maximum atomic E-state index is 12.4. The van der Waals surface area contributed by atoms with Crippen LogP contribution in [0.1, 0.15) is 40.9 Å². The molecule has 132 valence electrons. The molecule has 0 spiro atoms. The molecule has 1 N–H and O–H groups in total. The monoisotopic (exact) mass is 339 g/mol. The van der Waals surface area contributed by atoms with Crippen molar-refractivity contribution in [3.8, 4) is 0 Å². The molecule has 5 nitrogen and oxygen atoms in total. The van der Waals surface area contributed by atoms with Gasteiger partial charge in [0, 0.05) is 25.7 Å². The second-order valence-corrected chi connectivity index (χ2v) is 7.50. The Hall–Kier alpha value is -2.14. The van der Waals surface area contributed by atoms with E-state index in [1.54, 1.807) is 6.92 Å². The molecule has 3 atom stereocenters. The maximum absolute atomic E-state index is 12.4. The average molecular weight is 339 g/mol. The average Bonchev–Trinajstić information content (AvgIpc) is 3.21. The van der Waals surface area contributed by atoms with Gasteiger partial charge in [0.05, 0.1) is 5.69 Å². The van der Waals surface area contributed by atoms with E-state index in [9.17, 15) is 4.79 Å². The highest BCUT2D eigenvalue weighted by atomic mass is 16.5. The Morgan fingerprint density at radius 2 is 2.04 bits per heavy atom. The Kier molecular flexibility index (Phi) is 4.57. The summed E-state index contributed by atoms with van der Waals surface area (Å²) in [7, 11) is 0. The number of fused-ring (bicyclic) bond motifs is 1. The van der Waals surface area contributed by atoms with Crippen molar-refractivity contribution in [1.29, 1.82) is 0 Å². The van der Waals surface area contributed by atoms with E-state index >= 15 is 0 Å². The molecule has 4 rings (SSSR count). The van der Waals surface area contributed by atoms with Crippen molar-refractivity contribution >= 4 is 5.91 Å². The number of hydrogen-bond donors (Lipinski definition) is 1. The van der Waals surface area contributed by atoms with Crippen LogP contribution in [0.3, 0.4) is 0 Å². The van der Waals surface area contributed by atoms with Crippen LogP contribution in [0, 0.1) is 18.8 Å². The van der Waals surface area contributed by atoms with Crippen molar-refractivity contribution < 1.29 is 9.32 Å². The molecule has 1 aromatic heterocycles. The number of benzene rings is 1. The van der Waals surface area contributed by atoms with Gasteiger partial charge in [0.15, 0.2) is 0 Å². The SMILES string of the molecule is Cc1nocc1C(=O)NC1CC[C@@H]2CN(Cc3ccccc3)C[C@@H]2C1. The molecule has 1 aliphatic carbocycles. The molecule has 2 aliphatic rings. The smallest absolute Gasteiger partial charge is 0.256 e. The number of nitrogens with zero attached hydrogens (tertiary/aromatic N) is 2. The van der Waals surface area contributed by atoms with Crippen molar-refractivity contribution in [1.82, 2.24) is 15.4 Å². The standard InChI is InChI=1S/C20H25N3O2/c1-14-19(13-25-22-14)20(24)21-18-8-7-16-11-23(12-17(16)9-18)10-15-5-3-2-4-6-15/h2-6,13,16-18H,7-12H2,1H3,(H,21,24)/t16-,17+,18?/m1/s1. The molecule has 0 bridgehead atoms. The third-order valence-electron chi connectivity index (χ3n) is 5.70. The van der Waals surface area contributed by atoms with Crippen molar-refractivity contribution in [3.63, 3.8) is 0 Å². The lowest BCUT2D eigenvalue weighted by atomic mass is 9.79. The van der Waals surface area contributed by atoms with Gasteiger partial charge in [0.1, 0.15) is 11.8 Å². The van der Waals surface area contributed by atoms with Crippen LogP contribution < -0.4 is 5.32 Å². The summed E-state index contributed by atoms with van der Waals surface area (Å²) in [5.74, 6) is 1.40. The molecule has 2 aromatic rings. The van der Waals surface area contributed by atoms with Crippen LogP contribution in [0.15, 0.2) is 41.1 Å². The van der Waals surface area contributed by atoms with E-state index in [1.165, 1.54) is 24.8 Å². The summed E-state index contributed by atoms with van der Waals surface area (Å²) in [6.45, 7) is 5.15. The van der Waals surface area contributed by atoms with Gasteiger partial charge in [-0.2, -0.15) is 0 Å². The number of hydrogen-bond acceptors (Lipinski definition) is 4. The van der Waals surface area contributed by atoms with Crippen LogP contribution in [-0.4, -0.2) is 35.1 Å². The number of amides is 1.